The molecule has 0 bridgehead atoms. The molecule has 2 heteroatoms. The van der Waals surface area contributed by atoms with Crippen molar-refractivity contribution in [2.45, 2.75) is 57.8 Å². The topological polar surface area (TPSA) is 29.5 Å². The highest BCUT2D eigenvalue weighted by Gasteiger charge is 2.21. The van der Waals surface area contributed by atoms with Crippen molar-refractivity contribution in [1.82, 2.24) is 0 Å². The van der Waals surface area contributed by atoms with Crippen LogP contribution in [0, 0.1) is 0 Å². The smallest absolute Gasteiger partial charge is 0.154 e. The third-order valence-electron chi connectivity index (χ3n) is 2.21. The van der Waals surface area contributed by atoms with Gasteiger partial charge in [0.05, 0.1) is 6.10 Å². The number of unbranched alkanes of at least 4 members (excludes halogenated alkanes) is 2. The van der Waals surface area contributed by atoms with Crippen LogP contribution < -0.4 is 0 Å². The summed E-state index contributed by atoms with van der Waals surface area (Å²) in [6.45, 7) is 2.20. The summed E-state index contributed by atoms with van der Waals surface area (Å²) in [6, 6.07) is 0. The summed E-state index contributed by atoms with van der Waals surface area (Å²) in [5, 5.41) is 9.03. The number of hydrogen-bond donors (Lipinski definition) is 1. The Hall–Kier alpha value is -0.0800. The van der Waals surface area contributed by atoms with Crippen molar-refractivity contribution in [2.24, 2.45) is 0 Å². The Bertz CT molecular complexity index is 104. The van der Waals surface area contributed by atoms with E-state index in [1.165, 1.54) is 19.3 Å². The highest BCUT2D eigenvalue weighted by molar-refractivity contribution is 4.66. The molecule has 0 aromatic carbocycles. The van der Waals surface area contributed by atoms with Crippen molar-refractivity contribution < 1.29 is 9.84 Å². The average Bonchev–Trinajstić information content (AvgIpc) is 2.37. The van der Waals surface area contributed by atoms with Gasteiger partial charge in [-0.2, -0.15) is 0 Å². The lowest BCUT2D eigenvalue weighted by Crippen LogP contribution is -2.09. The molecule has 0 aromatic heterocycles. The van der Waals surface area contributed by atoms with E-state index in [1.807, 2.05) is 0 Å². The highest BCUT2D eigenvalue weighted by atomic mass is 16.6. The summed E-state index contributed by atoms with van der Waals surface area (Å²) >= 11 is 0. The van der Waals surface area contributed by atoms with E-state index in [2.05, 4.69) is 6.92 Å². The number of aliphatic hydroxyl groups is 1. The highest BCUT2D eigenvalue weighted by Crippen LogP contribution is 2.21. The van der Waals surface area contributed by atoms with Gasteiger partial charge in [0.15, 0.2) is 6.29 Å². The number of aliphatic hydroxyl groups excluding tert-OH is 1. The predicted octanol–water partition coefficient (Wildman–Crippen LogP) is 2.06. The summed E-state index contributed by atoms with van der Waals surface area (Å²) < 4.78 is 5.26. The first-order chi connectivity index (χ1) is 5.33. The Morgan fingerprint density at radius 1 is 1.36 bits per heavy atom. The van der Waals surface area contributed by atoms with Crippen LogP contribution >= 0.6 is 0 Å². The first-order valence-electron chi connectivity index (χ1n) is 4.66. The van der Waals surface area contributed by atoms with Crippen molar-refractivity contribution >= 4 is 0 Å². The lowest BCUT2D eigenvalue weighted by atomic mass is 10.1. The van der Waals surface area contributed by atoms with Crippen LogP contribution in [0.3, 0.4) is 0 Å². The quantitative estimate of drug-likeness (QED) is 0.635. The van der Waals surface area contributed by atoms with Gasteiger partial charge in [-0.25, -0.2) is 0 Å². The molecule has 0 unspecified atom stereocenters. The maximum Gasteiger partial charge on any atom is 0.154 e. The Kier molecular flexibility index (Phi) is 3.87. The molecule has 2 nitrogen and oxygen atoms in total. The summed E-state index contributed by atoms with van der Waals surface area (Å²) in [5.74, 6) is 0. The van der Waals surface area contributed by atoms with Crippen LogP contribution in [-0.4, -0.2) is 17.5 Å². The van der Waals surface area contributed by atoms with Gasteiger partial charge in [-0.15, -0.1) is 0 Å². The van der Waals surface area contributed by atoms with Crippen LogP contribution in [0.15, 0.2) is 0 Å². The van der Waals surface area contributed by atoms with Crippen LogP contribution in [0.5, 0.6) is 0 Å². The van der Waals surface area contributed by atoms with Crippen LogP contribution in [0.25, 0.3) is 0 Å². The molecule has 0 amide bonds. The van der Waals surface area contributed by atoms with Gasteiger partial charge in [0, 0.05) is 6.42 Å². The van der Waals surface area contributed by atoms with E-state index >= 15 is 0 Å². The molecule has 1 heterocycles. The minimum absolute atomic E-state index is 0.344. The zero-order valence-electron chi connectivity index (χ0n) is 7.25. The SMILES string of the molecule is CCCCC[C@H]1CC[C@@H](O)O1. The third kappa shape index (κ3) is 3.21. The molecule has 1 fully saturated rings. The van der Waals surface area contributed by atoms with Gasteiger partial charge in [0.1, 0.15) is 0 Å². The van der Waals surface area contributed by atoms with Gasteiger partial charge < -0.3 is 9.84 Å². The lowest BCUT2D eigenvalue weighted by molar-refractivity contribution is -0.0919. The molecule has 0 aromatic rings. The van der Waals surface area contributed by atoms with Gasteiger partial charge in [-0.05, 0) is 12.8 Å². The monoisotopic (exact) mass is 158 g/mol. The van der Waals surface area contributed by atoms with Crippen molar-refractivity contribution in [3.8, 4) is 0 Å². The van der Waals surface area contributed by atoms with E-state index in [9.17, 15) is 0 Å². The predicted molar refractivity (Wildman–Crippen MR) is 44.3 cm³/mol. The van der Waals surface area contributed by atoms with Crippen molar-refractivity contribution in [3.63, 3.8) is 0 Å². The molecule has 0 saturated carbocycles. The fourth-order valence-electron chi connectivity index (χ4n) is 1.52. The first-order valence-corrected chi connectivity index (χ1v) is 4.66. The first kappa shape index (κ1) is 9.01. The normalized spacial score (nSPS) is 31.1. The fraction of sp³-hybridized carbons (Fsp3) is 1.00. The maximum absolute atomic E-state index is 9.03. The largest absolute Gasteiger partial charge is 0.368 e. The molecule has 11 heavy (non-hydrogen) atoms. The second-order valence-electron chi connectivity index (χ2n) is 3.29. The van der Waals surface area contributed by atoms with Crippen molar-refractivity contribution in [3.05, 3.63) is 0 Å². The van der Waals surface area contributed by atoms with E-state index in [0.29, 0.717) is 6.10 Å². The van der Waals surface area contributed by atoms with Gasteiger partial charge in [-0.3, -0.25) is 0 Å². The summed E-state index contributed by atoms with van der Waals surface area (Å²) in [4.78, 5) is 0. The van der Waals surface area contributed by atoms with Gasteiger partial charge in [0.25, 0.3) is 0 Å². The van der Waals surface area contributed by atoms with E-state index in [0.717, 1.165) is 19.3 Å². The molecule has 1 N–H and O–H groups in total. The molecule has 1 aliphatic rings. The third-order valence-corrected chi connectivity index (χ3v) is 2.21. The molecule has 0 spiro atoms. The van der Waals surface area contributed by atoms with Gasteiger partial charge >= 0.3 is 0 Å². The number of ether oxygens (including phenoxy) is 1. The van der Waals surface area contributed by atoms with E-state index < -0.39 is 6.29 Å². The van der Waals surface area contributed by atoms with Gasteiger partial charge in [-0.1, -0.05) is 26.2 Å². The Morgan fingerprint density at radius 3 is 2.73 bits per heavy atom. The van der Waals surface area contributed by atoms with E-state index in [1.54, 1.807) is 0 Å². The summed E-state index contributed by atoms with van der Waals surface area (Å²) in [5.41, 5.74) is 0. The lowest BCUT2D eigenvalue weighted by Gasteiger charge is -2.08. The average molecular weight is 158 g/mol. The van der Waals surface area contributed by atoms with Crippen LogP contribution in [0.1, 0.15) is 45.4 Å². The molecular weight excluding hydrogens is 140 g/mol. The molecule has 2 atom stereocenters. The van der Waals surface area contributed by atoms with Crippen LogP contribution in [0.2, 0.25) is 0 Å². The fourth-order valence-corrected chi connectivity index (χ4v) is 1.52. The minimum Gasteiger partial charge on any atom is -0.368 e. The van der Waals surface area contributed by atoms with Crippen LogP contribution in [-0.2, 0) is 4.74 Å². The maximum atomic E-state index is 9.03. The van der Waals surface area contributed by atoms with E-state index in [4.69, 9.17) is 9.84 Å². The Balaban J connectivity index is 1.99. The second kappa shape index (κ2) is 4.73. The minimum atomic E-state index is -0.471. The number of hydrogen-bond acceptors (Lipinski definition) is 2. The summed E-state index contributed by atoms with van der Waals surface area (Å²) in [6.07, 6.45) is 6.67. The zero-order chi connectivity index (χ0) is 8.10. The van der Waals surface area contributed by atoms with Gasteiger partial charge in [0.2, 0.25) is 0 Å². The molecule has 0 radical (unpaired) electrons. The van der Waals surface area contributed by atoms with E-state index in [-0.39, 0.29) is 0 Å². The molecule has 1 aliphatic heterocycles. The molecule has 1 rings (SSSR count). The second-order valence-corrected chi connectivity index (χ2v) is 3.29. The zero-order valence-corrected chi connectivity index (χ0v) is 7.25. The number of rotatable bonds is 4. The van der Waals surface area contributed by atoms with Crippen molar-refractivity contribution in [1.29, 1.82) is 0 Å². The Morgan fingerprint density at radius 2 is 2.18 bits per heavy atom. The van der Waals surface area contributed by atoms with Crippen LogP contribution in [0.4, 0.5) is 0 Å². The van der Waals surface area contributed by atoms with Crippen molar-refractivity contribution in [2.75, 3.05) is 0 Å². The standard InChI is InChI=1S/C9H18O2/c1-2-3-4-5-8-6-7-9(10)11-8/h8-10H,2-7H2,1H3/t8-,9-/m0/s1. The molecular formula is C9H18O2. The molecule has 66 valence electrons. The summed E-state index contributed by atoms with van der Waals surface area (Å²) in [7, 11) is 0. The Labute approximate surface area is 68.6 Å². The molecule has 1 saturated heterocycles. The molecule has 0 aliphatic carbocycles.